The standard InChI is InChI=1S/C10H12F3N3/c11-10(12,13)8-5-7-1-3-16(4-2-14)9(7)15-6-8/h5-6H,1-4,14H2. The molecule has 1 aliphatic rings. The first-order valence-corrected chi connectivity index (χ1v) is 5.03. The lowest BCUT2D eigenvalue weighted by Crippen LogP contribution is -2.27. The number of anilines is 1. The molecule has 6 heteroatoms. The van der Waals surface area contributed by atoms with Crippen LogP contribution in [0.3, 0.4) is 0 Å². The molecule has 1 aromatic rings. The van der Waals surface area contributed by atoms with E-state index in [1.54, 1.807) is 0 Å². The third kappa shape index (κ3) is 1.97. The van der Waals surface area contributed by atoms with E-state index in [-0.39, 0.29) is 0 Å². The average molecular weight is 231 g/mol. The lowest BCUT2D eigenvalue weighted by Gasteiger charge is -2.17. The zero-order valence-electron chi connectivity index (χ0n) is 8.59. The van der Waals surface area contributed by atoms with E-state index in [2.05, 4.69) is 4.98 Å². The van der Waals surface area contributed by atoms with Crippen molar-refractivity contribution in [3.8, 4) is 0 Å². The number of nitrogens with zero attached hydrogens (tertiary/aromatic N) is 2. The molecule has 0 saturated heterocycles. The summed E-state index contributed by atoms with van der Waals surface area (Å²) in [6.07, 6.45) is -2.83. The molecule has 0 spiro atoms. The van der Waals surface area contributed by atoms with Gasteiger partial charge in [0.15, 0.2) is 0 Å². The Bertz CT molecular complexity index is 389. The van der Waals surface area contributed by atoms with Gasteiger partial charge in [0.25, 0.3) is 0 Å². The van der Waals surface area contributed by atoms with E-state index in [4.69, 9.17) is 5.73 Å². The van der Waals surface area contributed by atoms with Gasteiger partial charge in [0, 0.05) is 25.8 Å². The molecule has 0 saturated carbocycles. The second-order valence-corrected chi connectivity index (χ2v) is 3.73. The smallest absolute Gasteiger partial charge is 0.355 e. The van der Waals surface area contributed by atoms with Crippen LogP contribution in [0.15, 0.2) is 12.3 Å². The first-order valence-electron chi connectivity index (χ1n) is 5.03. The zero-order valence-corrected chi connectivity index (χ0v) is 8.59. The van der Waals surface area contributed by atoms with Gasteiger partial charge < -0.3 is 10.6 Å². The Morgan fingerprint density at radius 2 is 2.19 bits per heavy atom. The molecule has 0 radical (unpaired) electrons. The molecule has 0 amide bonds. The number of aromatic nitrogens is 1. The summed E-state index contributed by atoms with van der Waals surface area (Å²) in [5.74, 6) is 0.637. The van der Waals surface area contributed by atoms with Gasteiger partial charge in [0.05, 0.1) is 5.56 Å². The van der Waals surface area contributed by atoms with E-state index in [1.807, 2.05) is 4.90 Å². The van der Waals surface area contributed by atoms with E-state index in [1.165, 1.54) is 6.07 Å². The summed E-state index contributed by atoms with van der Waals surface area (Å²) in [7, 11) is 0. The van der Waals surface area contributed by atoms with Crippen LogP contribution in [0.1, 0.15) is 11.1 Å². The maximum absolute atomic E-state index is 12.4. The van der Waals surface area contributed by atoms with Gasteiger partial charge >= 0.3 is 6.18 Å². The Labute approximate surface area is 91.1 Å². The molecule has 1 aliphatic heterocycles. The summed E-state index contributed by atoms with van der Waals surface area (Å²) >= 11 is 0. The maximum Gasteiger partial charge on any atom is 0.417 e. The fraction of sp³-hybridized carbons (Fsp3) is 0.500. The topological polar surface area (TPSA) is 42.1 Å². The number of rotatable bonds is 2. The molecule has 2 N–H and O–H groups in total. The van der Waals surface area contributed by atoms with Crippen molar-refractivity contribution in [3.63, 3.8) is 0 Å². The molecule has 0 unspecified atom stereocenters. The highest BCUT2D eigenvalue weighted by Gasteiger charge is 2.33. The summed E-state index contributed by atoms with van der Waals surface area (Å²) in [6.45, 7) is 1.80. The molecule has 16 heavy (non-hydrogen) atoms. The third-order valence-electron chi connectivity index (χ3n) is 2.62. The highest BCUT2D eigenvalue weighted by atomic mass is 19.4. The van der Waals surface area contributed by atoms with Gasteiger partial charge in [-0.3, -0.25) is 0 Å². The van der Waals surface area contributed by atoms with E-state index in [9.17, 15) is 13.2 Å². The van der Waals surface area contributed by atoms with Crippen LogP contribution in [0.25, 0.3) is 0 Å². The Balaban J connectivity index is 2.29. The van der Waals surface area contributed by atoms with Gasteiger partial charge in [-0.25, -0.2) is 4.98 Å². The molecule has 2 heterocycles. The minimum absolute atomic E-state index is 0.474. The predicted octanol–water partition coefficient (Wildman–Crippen LogP) is 1.42. The van der Waals surface area contributed by atoms with Crippen LogP contribution < -0.4 is 10.6 Å². The van der Waals surface area contributed by atoms with Gasteiger partial charge in [-0.1, -0.05) is 0 Å². The fourth-order valence-corrected chi connectivity index (χ4v) is 1.86. The van der Waals surface area contributed by atoms with Crippen molar-refractivity contribution in [1.82, 2.24) is 4.98 Å². The number of hydrogen-bond acceptors (Lipinski definition) is 3. The molecule has 0 aliphatic carbocycles. The molecular formula is C10H12F3N3. The summed E-state index contributed by atoms with van der Waals surface area (Å²) in [4.78, 5) is 5.79. The number of alkyl halides is 3. The van der Waals surface area contributed by atoms with Crippen LogP contribution in [0.4, 0.5) is 19.0 Å². The molecule has 0 fully saturated rings. The highest BCUT2D eigenvalue weighted by molar-refractivity contribution is 5.53. The number of hydrogen-bond donors (Lipinski definition) is 1. The summed E-state index contributed by atoms with van der Waals surface area (Å²) in [5, 5.41) is 0. The van der Waals surface area contributed by atoms with E-state index in [0.717, 1.165) is 6.20 Å². The fourth-order valence-electron chi connectivity index (χ4n) is 1.86. The van der Waals surface area contributed by atoms with Gasteiger partial charge in [0.1, 0.15) is 5.82 Å². The monoisotopic (exact) mass is 231 g/mol. The van der Waals surface area contributed by atoms with Crippen LogP contribution in [0.2, 0.25) is 0 Å². The van der Waals surface area contributed by atoms with Crippen molar-refractivity contribution >= 4 is 5.82 Å². The van der Waals surface area contributed by atoms with Crippen LogP contribution in [0, 0.1) is 0 Å². The normalized spacial score (nSPS) is 15.4. The van der Waals surface area contributed by atoms with Gasteiger partial charge in [-0.2, -0.15) is 13.2 Å². The number of fused-ring (bicyclic) bond motifs is 1. The van der Waals surface area contributed by atoms with Crippen molar-refractivity contribution in [2.75, 3.05) is 24.5 Å². The SMILES string of the molecule is NCCN1CCc2cc(C(F)(F)F)cnc21. The number of halogens is 3. The molecule has 2 rings (SSSR count). The molecule has 88 valence electrons. The molecule has 1 aromatic heterocycles. The Morgan fingerprint density at radius 3 is 2.81 bits per heavy atom. The second-order valence-electron chi connectivity index (χ2n) is 3.73. The molecule has 0 atom stereocenters. The first-order chi connectivity index (χ1) is 7.52. The quantitative estimate of drug-likeness (QED) is 0.837. The van der Waals surface area contributed by atoms with Crippen molar-refractivity contribution in [1.29, 1.82) is 0 Å². The largest absolute Gasteiger partial charge is 0.417 e. The summed E-state index contributed by atoms with van der Waals surface area (Å²) in [5.41, 5.74) is 5.39. The van der Waals surface area contributed by atoms with Crippen LogP contribution >= 0.6 is 0 Å². The van der Waals surface area contributed by atoms with Crippen LogP contribution in [-0.4, -0.2) is 24.6 Å². The molecule has 0 aromatic carbocycles. The predicted molar refractivity (Wildman–Crippen MR) is 54.2 cm³/mol. The van der Waals surface area contributed by atoms with Crippen LogP contribution in [0.5, 0.6) is 0 Å². The Morgan fingerprint density at radius 1 is 1.44 bits per heavy atom. The summed E-state index contributed by atoms with van der Waals surface area (Å²) in [6, 6.07) is 1.18. The molecular weight excluding hydrogens is 219 g/mol. The van der Waals surface area contributed by atoms with E-state index in [0.29, 0.717) is 37.4 Å². The zero-order chi connectivity index (χ0) is 11.8. The van der Waals surface area contributed by atoms with Crippen molar-refractivity contribution in [3.05, 3.63) is 23.4 Å². The van der Waals surface area contributed by atoms with Crippen molar-refractivity contribution < 1.29 is 13.2 Å². The van der Waals surface area contributed by atoms with E-state index < -0.39 is 11.7 Å². The Hall–Kier alpha value is -1.30. The average Bonchev–Trinajstić information content (AvgIpc) is 2.60. The minimum atomic E-state index is -4.32. The van der Waals surface area contributed by atoms with Crippen LogP contribution in [-0.2, 0) is 12.6 Å². The number of pyridine rings is 1. The molecule has 0 bridgehead atoms. The summed E-state index contributed by atoms with van der Waals surface area (Å²) < 4.78 is 37.3. The highest BCUT2D eigenvalue weighted by Crippen LogP contribution is 2.33. The van der Waals surface area contributed by atoms with Gasteiger partial charge in [-0.15, -0.1) is 0 Å². The van der Waals surface area contributed by atoms with Crippen molar-refractivity contribution in [2.24, 2.45) is 5.73 Å². The third-order valence-corrected chi connectivity index (χ3v) is 2.62. The van der Waals surface area contributed by atoms with Gasteiger partial charge in [0.2, 0.25) is 0 Å². The second kappa shape index (κ2) is 3.93. The minimum Gasteiger partial charge on any atom is -0.355 e. The number of nitrogens with two attached hydrogens (primary N) is 1. The van der Waals surface area contributed by atoms with E-state index >= 15 is 0 Å². The van der Waals surface area contributed by atoms with Gasteiger partial charge in [-0.05, 0) is 18.1 Å². The first kappa shape index (κ1) is 11.2. The Kier molecular flexibility index (Phi) is 2.75. The maximum atomic E-state index is 12.4. The lowest BCUT2D eigenvalue weighted by atomic mass is 10.1. The lowest BCUT2D eigenvalue weighted by molar-refractivity contribution is -0.137. The molecule has 3 nitrogen and oxygen atoms in total. The van der Waals surface area contributed by atoms with Crippen molar-refractivity contribution in [2.45, 2.75) is 12.6 Å².